The second-order valence-corrected chi connectivity index (χ2v) is 6.96. The first kappa shape index (κ1) is 17.9. The van der Waals surface area contributed by atoms with Crippen molar-refractivity contribution in [1.29, 1.82) is 0 Å². The summed E-state index contributed by atoms with van der Waals surface area (Å²) in [7, 11) is 3.05. The fourth-order valence-corrected chi connectivity index (χ4v) is 3.90. The van der Waals surface area contributed by atoms with Crippen LogP contribution < -0.4 is 0 Å². The maximum Gasteiger partial charge on any atom is 0.337 e. The molecule has 136 valence electrons. The summed E-state index contributed by atoms with van der Waals surface area (Å²) in [5, 5.41) is 0. The molecular formula is C19H26N2O4. The van der Waals surface area contributed by atoms with E-state index in [0.717, 1.165) is 44.6 Å². The highest BCUT2D eigenvalue weighted by Gasteiger charge is 2.50. The van der Waals surface area contributed by atoms with Crippen LogP contribution in [0.4, 0.5) is 0 Å². The van der Waals surface area contributed by atoms with Crippen molar-refractivity contribution in [3.8, 4) is 0 Å². The first-order chi connectivity index (χ1) is 12.1. The number of amides is 1. The maximum absolute atomic E-state index is 12.8. The van der Waals surface area contributed by atoms with Gasteiger partial charge in [-0.3, -0.25) is 9.69 Å². The van der Waals surface area contributed by atoms with Crippen molar-refractivity contribution in [1.82, 2.24) is 9.80 Å². The third kappa shape index (κ3) is 3.70. The number of ether oxygens (including phenoxy) is 2. The van der Waals surface area contributed by atoms with Crippen molar-refractivity contribution in [3.05, 3.63) is 35.4 Å². The molecule has 1 spiro atoms. The average Bonchev–Trinajstić information content (AvgIpc) is 3.18. The van der Waals surface area contributed by atoms with Gasteiger partial charge in [0.2, 0.25) is 5.91 Å². The minimum Gasteiger partial charge on any atom is -0.465 e. The number of carbonyl (C=O) groups excluding carboxylic acids is 2. The van der Waals surface area contributed by atoms with Crippen LogP contribution >= 0.6 is 0 Å². The van der Waals surface area contributed by atoms with Gasteiger partial charge in [0, 0.05) is 33.3 Å². The van der Waals surface area contributed by atoms with E-state index in [4.69, 9.17) is 9.47 Å². The zero-order chi connectivity index (χ0) is 17.9. The van der Waals surface area contributed by atoms with Gasteiger partial charge in [-0.2, -0.15) is 0 Å². The van der Waals surface area contributed by atoms with E-state index in [0.29, 0.717) is 18.7 Å². The van der Waals surface area contributed by atoms with Gasteiger partial charge in [0.05, 0.1) is 24.7 Å². The van der Waals surface area contributed by atoms with Gasteiger partial charge in [-0.25, -0.2) is 4.79 Å². The second-order valence-electron chi connectivity index (χ2n) is 6.96. The van der Waals surface area contributed by atoms with Gasteiger partial charge in [0.15, 0.2) is 0 Å². The second kappa shape index (κ2) is 7.54. The van der Waals surface area contributed by atoms with Crippen LogP contribution in [0.3, 0.4) is 0 Å². The number of hydrogen-bond acceptors (Lipinski definition) is 5. The molecular weight excluding hydrogens is 320 g/mol. The fourth-order valence-electron chi connectivity index (χ4n) is 3.90. The number of rotatable bonds is 6. The molecule has 0 bridgehead atoms. The van der Waals surface area contributed by atoms with E-state index in [-0.39, 0.29) is 17.3 Å². The van der Waals surface area contributed by atoms with Crippen molar-refractivity contribution in [2.75, 3.05) is 47.0 Å². The molecule has 1 atom stereocenters. The van der Waals surface area contributed by atoms with Gasteiger partial charge in [0.1, 0.15) is 0 Å². The first-order valence-electron chi connectivity index (χ1n) is 8.76. The Morgan fingerprint density at radius 1 is 1.16 bits per heavy atom. The van der Waals surface area contributed by atoms with Crippen molar-refractivity contribution < 1.29 is 19.1 Å². The summed E-state index contributed by atoms with van der Waals surface area (Å²) in [4.78, 5) is 28.6. The highest BCUT2D eigenvalue weighted by Crippen LogP contribution is 2.40. The Morgan fingerprint density at radius 2 is 1.88 bits per heavy atom. The minimum atomic E-state index is -0.320. The molecule has 2 heterocycles. The van der Waals surface area contributed by atoms with Crippen LogP contribution in [-0.2, 0) is 20.8 Å². The normalized spacial score (nSPS) is 23.6. The number of esters is 1. The Bertz CT molecular complexity index is 631. The Hall–Kier alpha value is -1.92. The Labute approximate surface area is 148 Å². The predicted molar refractivity (Wildman–Crippen MR) is 93.2 cm³/mol. The number of likely N-dealkylation sites (tertiary alicyclic amines) is 2. The summed E-state index contributed by atoms with van der Waals surface area (Å²) in [6, 6.07) is 7.50. The molecule has 0 N–H and O–H groups in total. The monoisotopic (exact) mass is 346 g/mol. The van der Waals surface area contributed by atoms with Crippen molar-refractivity contribution in [2.24, 2.45) is 5.41 Å². The molecule has 1 aromatic carbocycles. The van der Waals surface area contributed by atoms with E-state index in [1.165, 1.54) is 7.11 Å². The first-order valence-corrected chi connectivity index (χ1v) is 8.76. The quantitative estimate of drug-likeness (QED) is 0.732. The smallest absolute Gasteiger partial charge is 0.337 e. The van der Waals surface area contributed by atoms with E-state index in [1.54, 1.807) is 19.2 Å². The summed E-state index contributed by atoms with van der Waals surface area (Å²) in [5.41, 5.74) is 1.50. The Balaban J connectivity index is 1.58. The maximum atomic E-state index is 12.8. The summed E-state index contributed by atoms with van der Waals surface area (Å²) in [6.45, 7) is 4.67. The lowest BCUT2D eigenvalue weighted by atomic mass is 9.85. The molecule has 2 fully saturated rings. The lowest BCUT2D eigenvalue weighted by molar-refractivity contribution is -0.136. The number of methoxy groups -OCH3 is 2. The molecule has 0 radical (unpaired) electrons. The standard InChI is InChI=1S/C19H26N2O4/c1-24-12-11-21-10-8-19(18(21)23)7-9-20(14-19)13-15-3-5-16(6-4-15)17(22)25-2/h3-6H,7-14H2,1-2H3. The number of hydrogen-bond donors (Lipinski definition) is 0. The molecule has 0 aromatic heterocycles. The molecule has 0 saturated carbocycles. The molecule has 1 aromatic rings. The van der Waals surface area contributed by atoms with Crippen LogP contribution in [0.2, 0.25) is 0 Å². The largest absolute Gasteiger partial charge is 0.465 e. The van der Waals surface area contributed by atoms with Crippen LogP contribution in [0.5, 0.6) is 0 Å². The molecule has 6 nitrogen and oxygen atoms in total. The van der Waals surface area contributed by atoms with Crippen molar-refractivity contribution in [3.63, 3.8) is 0 Å². The van der Waals surface area contributed by atoms with E-state index in [9.17, 15) is 9.59 Å². The van der Waals surface area contributed by atoms with Gasteiger partial charge in [-0.1, -0.05) is 12.1 Å². The topological polar surface area (TPSA) is 59.1 Å². The summed E-state index contributed by atoms with van der Waals surface area (Å²) in [5.74, 6) is -0.0348. The third-order valence-electron chi connectivity index (χ3n) is 5.38. The fraction of sp³-hybridized carbons (Fsp3) is 0.579. The van der Waals surface area contributed by atoms with Gasteiger partial charge in [-0.15, -0.1) is 0 Å². The highest BCUT2D eigenvalue weighted by atomic mass is 16.5. The minimum absolute atomic E-state index is 0.209. The SMILES string of the molecule is COCCN1CCC2(CCN(Cc3ccc(C(=O)OC)cc3)C2)C1=O. The van der Waals surface area contributed by atoms with Crippen LogP contribution in [0.1, 0.15) is 28.8 Å². The van der Waals surface area contributed by atoms with Gasteiger partial charge in [0.25, 0.3) is 0 Å². The summed E-state index contributed by atoms with van der Waals surface area (Å²) in [6.07, 6.45) is 1.86. The van der Waals surface area contributed by atoms with Gasteiger partial charge < -0.3 is 14.4 Å². The zero-order valence-corrected chi connectivity index (χ0v) is 15.0. The summed E-state index contributed by atoms with van der Waals surface area (Å²) < 4.78 is 9.82. The van der Waals surface area contributed by atoms with Crippen molar-refractivity contribution >= 4 is 11.9 Å². The van der Waals surface area contributed by atoms with Gasteiger partial charge >= 0.3 is 5.97 Å². The Morgan fingerprint density at radius 3 is 2.56 bits per heavy atom. The number of nitrogens with zero attached hydrogens (tertiary/aromatic N) is 2. The number of carbonyl (C=O) groups is 2. The van der Waals surface area contributed by atoms with E-state index < -0.39 is 0 Å². The lowest BCUT2D eigenvalue weighted by Gasteiger charge is -2.23. The molecule has 6 heteroatoms. The van der Waals surface area contributed by atoms with E-state index in [2.05, 4.69) is 4.90 Å². The summed E-state index contributed by atoms with van der Waals surface area (Å²) >= 11 is 0. The lowest BCUT2D eigenvalue weighted by Crippen LogP contribution is -2.38. The molecule has 2 aliphatic heterocycles. The average molecular weight is 346 g/mol. The third-order valence-corrected chi connectivity index (χ3v) is 5.38. The van der Waals surface area contributed by atoms with E-state index >= 15 is 0 Å². The zero-order valence-electron chi connectivity index (χ0n) is 15.0. The molecule has 1 unspecified atom stereocenters. The molecule has 1 amide bonds. The Kier molecular flexibility index (Phi) is 5.39. The molecule has 3 rings (SSSR count). The van der Waals surface area contributed by atoms with Gasteiger partial charge in [-0.05, 0) is 37.1 Å². The van der Waals surface area contributed by atoms with Crippen molar-refractivity contribution in [2.45, 2.75) is 19.4 Å². The van der Waals surface area contributed by atoms with Crippen LogP contribution in [0, 0.1) is 5.41 Å². The predicted octanol–water partition coefficient (Wildman–Crippen LogP) is 1.54. The van der Waals surface area contributed by atoms with Crippen LogP contribution in [-0.4, -0.2) is 68.7 Å². The molecule has 25 heavy (non-hydrogen) atoms. The van der Waals surface area contributed by atoms with E-state index in [1.807, 2.05) is 17.0 Å². The number of benzene rings is 1. The van der Waals surface area contributed by atoms with Crippen LogP contribution in [0.15, 0.2) is 24.3 Å². The highest BCUT2D eigenvalue weighted by molar-refractivity contribution is 5.89. The molecule has 2 saturated heterocycles. The van der Waals surface area contributed by atoms with Crippen LogP contribution in [0.25, 0.3) is 0 Å². The molecule has 2 aliphatic rings. The molecule has 0 aliphatic carbocycles.